The largest absolute Gasteiger partial charge is 0.346 e. The molecule has 0 aliphatic rings. The van der Waals surface area contributed by atoms with Crippen LogP contribution in [0.15, 0.2) is 78.7 Å². The number of hydrogen-bond acceptors (Lipinski definition) is 6. The number of pyridine rings is 2. The lowest BCUT2D eigenvalue weighted by molar-refractivity contribution is 0.0949. The molecule has 2 N–H and O–H groups in total. The van der Waals surface area contributed by atoms with Gasteiger partial charge in [-0.3, -0.25) is 19.6 Å². The number of hydrogen-bond donors (Lipinski definition) is 2. The molecular weight excluding hydrogens is 398 g/mol. The first-order valence-corrected chi connectivity index (χ1v) is 10.0. The average molecular weight is 415 g/mol. The van der Waals surface area contributed by atoms with E-state index in [1.54, 1.807) is 55.0 Å². The van der Waals surface area contributed by atoms with E-state index in [1.807, 2.05) is 17.5 Å². The Balaban J connectivity index is 1.38. The lowest BCUT2D eigenvalue weighted by Gasteiger charge is -2.08. The van der Waals surface area contributed by atoms with Crippen molar-refractivity contribution in [2.24, 2.45) is 0 Å². The van der Waals surface area contributed by atoms with Crippen LogP contribution in [0.1, 0.15) is 25.7 Å². The van der Waals surface area contributed by atoms with Gasteiger partial charge in [-0.1, -0.05) is 6.07 Å². The van der Waals surface area contributed by atoms with Gasteiger partial charge in [0.25, 0.3) is 11.8 Å². The Kier molecular flexibility index (Phi) is 5.86. The first kappa shape index (κ1) is 19.4. The lowest BCUT2D eigenvalue weighted by atomic mass is 10.1. The highest BCUT2D eigenvalue weighted by molar-refractivity contribution is 7.09. The van der Waals surface area contributed by atoms with Gasteiger partial charge in [-0.25, -0.2) is 4.98 Å². The summed E-state index contributed by atoms with van der Waals surface area (Å²) in [5, 5.41) is 8.39. The predicted octanol–water partition coefficient (Wildman–Crippen LogP) is 3.78. The minimum atomic E-state index is -0.285. The number of carbonyl (C=O) groups excluding carboxylic acids is 2. The van der Waals surface area contributed by atoms with Gasteiger partial charge in [0.15, 0.2) is 0 Å². The number of carbonyl (C=O) groups is 2. The van der Waals surface area contributed by atoms with Crippen LogP contribution < -0.4 is 10.6 Å². The second-order valence-corrected chi connectivity index (χ2v) is 7.26. The zero-order chi connectivity index (χ0) is 20.8. The summed E-state index contributed by atoms with van der Waals surface area (Å²) in [6.07, 6.45) is 6.52. The van der Waals surface area contributed by atoms with Gasteiger partial charge in [0.1, 0.15) is 5.01 Å². The fourth-order valence-corrected chi connectivity index (χ4v) is 3.49. The van der Waals surface area contributed by atoms with Gasteiger partial charge in [0, 0.05) is 47.0 Å². The minimum absolute atomic E-state index is 0.242. The molecule has 0 fully saturated rings. The van der Waals surface area contributed by atoms with E-state index in [0.717, 1.165) is 16.3 Å². The van der Waals surface area contributed by atoms with E-state index in [9.17, 15) is 9.59 Å². The molecule has 7 nitrogen and oxygen atoms in total. The van der Waals surface area contributed by atoms with E-state index in [1.165, 1.54) is 17.5 Å². The van der Waals surface area contributed by atoms with Crippen molar-refractivity contribution in [1.29, 1.82) is 0 Å². The summed E-state index contributed by atoms with van der Waals surface area (Å²) in [7, 11) is 0. The molecule has 0 spiro atoms. The Hall–Kier alpha value is -3.91. The molecule has 0 aliphatic heterocycles. The number of nitrogens with one attached hydrogen (secondary N) is 2. The van der Waals surface area contributed by atoms with Crippen LogP contribution >= 0.6 is 11.3 Å². The third-order valence-electron chi connectivity index (χ3n) is 4.23. The van der Waals surface area contributed by atoms with Gasteiger partial charge in [0.05, 0.1) is 17.8 Å². The van der Waals surface area contributed by atoms with E-state index >= 15 is 0 Å². The molecule has 0 saturated heterocycles. The molecule has 0 bridgehead atoms. The quantitative estimate of drug-likeness (QED) is 0.499. The van der Waals surface area contributed by atoms with Gasteiger partial charge in [-0.2, -0.15) is 0 Å². The molecule has 2 amide bonds. The van der Waals surface area contributed by atoms with Crippen molar-refractivity contribution in [1.82, 2.24) is 20.3 Å². The summed E-state index contributed by atoms with van der Waals surface area (Å²) < 4.78 is 0. The highest BCUT2D eigenvalue weighted by Crippen LogP contribution is 2.21. The molecule has 4 aromatic rings. The fraction of sp³-hybridized carbons (Fsp3) is 0.0455. The van der Waals surface area contributed by atoms with Crippen molar-refractivity contribution in [3.05, 3.63) is 94.8 Å². The summed E-state index contributed by atoms with van der Waals surface area (Å²) in [5.41, 5.74) is 3.26. The monoisotopic (exact) mass is 415 g/mol. The molecule has 4 rings (SSSR count). The number of nitrogens with zero attached hydrogens (tertiary/aromatic N) is 3. The van der Waals surface area contributed by atoms with Crippen molar-refractivity contribution in [2.45, 2.75) is 6.54 Å². The van der Waals surface area contributed by atoms with Crippen LogP contribution in [-0.4, -0.2) is 26.8 Å². The predicted molar refractivity (Wildman–Crippen MR) is 115 cm³/mol. The van der Waals surface area contributed by atoms with Crippen LogP contribution in [0.4, 0.5) is 5.69 Å². The topological polar surface area (TPSA) is 96.9 Å². The second kappa shape index (κ2) is 9.06. The third kappa shape index (κ3) is 4.73. The zero-order valence-electron chi connectivity index (χ0n) is 15.8. The van der Waals surface area contributed by atoms with Crippen LogP contribution in [0, 0.1) is 0 Å². The summed E-state index contributed by atoms with van der Waals surface area (Å²) >= 11 is 1.48. The van der Waals surface area contributed by atoms with Gasteiger partial charge in [-0.15, -0.1) is 11.3 Å². The summed E-state index contributed by atoms with van der Waals surface area (Å²) in [6.45, 7) is 0.320. The van der Waals surface area contributed by atoms with Crippen molar-refractivity contribution in [3.63, 3.8) is 0 Å². The minimum Gasteiger partial charge on any atom is -0.346 e. The lowest BCUT2D eigenvalue weighted by Crippen LogP contribution is -2.23. The second-order valence-electron chi connectivity index (χ2n) is 6.32. The molecule has 30 heavy (non-hydrogen) atoms. The molecule has 3 heterocycles. The number of amides is 2. The molecule has 0 atom stereocenters. The smallest absolute Gasteiger partial charge is 0.257 e. The Morgan fingerprint density at radius 3 is 2.53 bits per heavy atom. The average Bonchev–Trinajstić information content (AvgIpc) is 3.28. The van der Waals surface area contributed by atoms with E-state index in [4.69, 9.17) is 0 Å². The number of benzene rings is 1. The van der Waals surface area contributed by atoms with E-state index < -0.39 is 0 Å². The molecule has 8 heteroatoms. The van der Waals surface area contributed by atoms with E-state index in [-0.39, 0.29) is 11.8 Å². The molecule has 0 saturated carbocycles. The SMILES string of the molecule is O=C(NCc1nc(-c2ccncc2)cs1)c1cccc(NC(=O)c2cccnc2)c1. The Bertz CT molecular complexity index is 1160. The highest BCUT2D eigenvalue weighted by Gasteiger charge is 2.11. The summed E-state index contributed by atoms with van der Waals surface area (Å²) in [6, 6.07) is 13.9. The fourth-order valence-electron chi connectivity index (χ4n) is 2.74. The number of aromatic nitrogens is 3. The van der Waals surface area contributed by atoms with Crippen LogP contribution in [0.3, 0.4) is 0 Å². The molecule has 0 aliphatic carbocycles. The van der Waals surface area contributed by atoms with Crippen molar-refractivity contribution >= 4 is 28.8 Å². The van der Waals surface area contributed by atoms with E-state index in [0.29, 0.717) is 23.4 Å². The maximum absolute atomic E-state index is 12.5. The number of thiazole rings is 1. The molecule has 3 aromatic heterocycles. The standard InChI is InChI=1S/C22H17N5O2S/c28-21(25-13-20-27-19(14-30-20)15-6-9-23-10-7-15)16-3-1-5-18(11-16)26-22(29)17-4-2-8-24-12-17/h1-12,14H,13H2,(H,25,28)(H,26,29). The van der Waals surface area contributed by atoms with Crippen molar-refractivity contribution in [3.8, 4) is 11.3 Å². The van der Waals surface area contributed by atoms with Crippen molar-refractivity contribution < 1.29 is 9.59 Å². The normalized spacial score (nSPS) is 10.4. The van der Waals surface area contributed by atoms with Crippen LogP contribution in [-0.2, 0) is 6.54 Å². The van der Waals surface area contributed by atoms with Gasteiger partial charge in [-0.05, 0) is 42.5 Å². The maximum Gasteiger partial charge on any atom is 0.257 e. The molecule has 1 aromatic carbocycles. The van der Waals surface area contributed by atoms with Crippen LogP contribution in [0.25, 0.3) is 11.3 Å². The molecular formula is C22H17N5O2S. The van der Waals surface area contributed by atoms with Gasteiger partial charge >= 0.3 is 0 Å². The Morgan fingerprint density at radius 2 is 1.73 bits per heavy atom. The number of anilines is 1. The highest BCUT2D eigenvalue weighted by atomic mass is 32.1. The maximum atomic E-state index is 12.5. The molecule has 0 radical (unpaired) electrons. The summed E-state index contributed by atoms with van der Waals surface area (Å²) in [4.78, 5) is 37.3. The van der Waals surface area contributed by atoms with Crippen LogP contribution in [0.5, 0.6) is 0 Å². The molecule has 148 valence electrons. The van der Waals surface area contributed by atoms with Gasteiger partial charge in [0.2, 0.25) is 0 Å². The first-order valence-electron chi connectivity index (χ1n) is 9.13. The van der Waals surface area contributed by atoms with E-state index in [2.05, 4.69) is 25.6 Å². The van der Waals surface area contributed by atoms with Crippen molar-refractivity contribution in [2.75, 3.05) is 5.32 Å². The summed E-state index contributed by atoms with van der Waals surface area (Å²) in [5.74, 6) is -0.528. The third-order valence-corrected chi connectivity index (χ3v) is 5.08. The molecule has 0 unspecified atom stereocenters. The van der Waals surface area contributed by atoms with Crippen LogP contribution in [0.2, 0.25) is 0 Å². The zero-order valence-corrected chi connectivity index (χ0v) is 16.6. The Labute approximate surface area is 176 Å². The van der Waals surface area contributed by atoms with Gasteiger partial charge < -0.3 is 10.6 Å². The number of rotatable bonds is 6. The first-order chi connectivity index (χ1) is 14.7. The Morgan fingerprint density at radius 1 is 0.900 bits per heavy atom.